The predicted molar refractivity (Wildman–Crippen MR) is 56.5 cm³/mol. The molecule has 0 aliphatic heterocycles. The third-order valence-corrected chi connectivity index (χ3v) is 3.20. The van der Waals surface area contributed by atoms with Crippen LogP contribution >= 0.6 is 23.4 Å². The van der Waals surface area contributed by atoms with Crippen molar-refractivity contribution < 1.29 is 4.79 Å². The summed E-state index contributed by atoms with van der Waals surface area (Å²) in [5.41, 5.74) is 6.60. The van der Waals surface area contributed by atoms with Crippen LogP contribution in [0.4, 0.5) is 0 Å². The highest BCUT2D eigenvalue weighted by molar-refractivity contribution is 7.98. The van der Waals surface area contributed by atoms with Gasteiger partial charge in [0.25, 0.3) is 0 Å². The van der Waals surface area contributed by atoms with Crippen molar-refractivity contribution in [1.82, 2.24) is 0 Å². The maximum absolute atomic E-state index is 10.9. The summed E-state index contributed by atoms with van der Waals surface area (Å²) in [6.07, 6.45) is 1.92. The molecule has 4 heteroatoms. The molecule has 0 saturated carbocycles. The number of primary amides is 1. The summed E-state index contributed by atoms with van der Waals surface area (Å²) in [6, 6.07) is 3.50. The maximum Gasteiger partial charge on any atom is 0.250 e. The second-order valence-electron chi connectivity index (χ2n) is 2.64. The highest BCUT2D eigenvalue weighted by Gasteiger charge is 2.11. The van der Waals surface area contributed by atoms with Gasteiger partial charge in [0.15, 0.2) is 0 Å². The van der Waals surface area contributed by atoms with E-state index in [1.807, 2.05) is 19.2 Å². The zero-order valence-corrected chi connectivity index (χ0v) is 9.00. The van der Waals surface area contributed by atoms with Gasteiger partial charge in [-0.25, -0.2) is 0 Å². The lowest BCUT2D eigenvalue weighted by Gasteiger charge is -2.07. The molecule has 0 spiro atoms. The normalized spacial score (nSPS) is 10.1. The Morgan fingerprint density at radius 2 is 2.15 bits per heavy atom. The molecule has 0 fully saturated rings. The molecule has 0 atom stereocenters. The number of hydrogen-bond acceptors (Lipinski definition) is 2. The Kier molecular flexibility index (Phi) is 3.22. The van der Waals surface area contributed by atoms with Crippen molar-refractivity contribution in [1.29, 1.82) is 0 Å². The monoisotopic (exact) mass is 215 g/mol. The second kappa shape index (κ2) is 4.03. The van der Waals surface area contributed by atoms with Crippen LogP contribution in [0.3, 0.4) is 0 Å². The first-order valence-corrected chi connectivity index (χ1v) is 5.31. The lowest BCUT2D eigenvalue weighted by atomic mass is 10.1. The van der Waals surface area contributed by atoms with Crippen LogP contribution in [-0.2, 0) is 0 Å². The lowest BCUT2D eigenvalue weighted by molar-refractivity contribution is 0.100. The molecule has 0 unspecified atom stereocenters. The zero-order chi connectivity index (χ0) is 10.0. The van der Waals surface area contributed by atoms with E-state index in [1.54, 1.807) is 6.07 Å². The van der Waals surface area contributed by atoms with Crippen molar-refractivity contribution in [2.24, 2.45) is 5.73 Å². The summed E-state index contributed by atoms with van der Waals surface area (Å²) in [4.78, 5) is 11.8. The van der Waals surface area contributed by atoms with Crippen molar-refractivity contribution in [2.45, 2.75) is 11.8 Å². The average molecular weight is 216 g/mol. The molecule has 0 radical (unpaired) electrons. The topological polar surface area (TPSA) is 43.1 Å². The van der Waals surface area contributed by atoms with E-state index in [1.165, 1.54) is 11.8 Å². The van der Waals surface area contributed by atoms with Crippen molar-refractivity contribution in [3.8, 4) is 0 Å². The van der Waals surface area contributed by atoms with Crippen LogP contribution < -0.4 is 5.73 Å². The number of amides is 1. The van der Waals surface area contributed by atoms with Gasteiger partial charge in [-0.15, -0.1) is 11.8 Å². The number of carbonyl (C=O) groups is 1. The first-order chi connectivity index (χ1) is 6.07. The summed E-state index contributed by atoms with van der Waals surface area (Å²) < 4.78 is 0. The Labute approximate surface area is 86.5 Å². The fourth-order valence-electron chi connectivity index (χ4n) is 1.09. The molecule has 0 aliphatic carbocycles. The van der Waals surface area contributed by atoms with Gasteiger partial charge in [-0.05, 0) is 24.8 Å². The molecule has 70 valence electrons. The molecule has 2 N–H and O–H groups in total. The van der Waals surface area contributed by atoms with Crippen LogP contribution in [0.1, 0.15) is 15.9 Å². The standard InChI is InChI=1S/C9H10ClNOS/c1-5-3-4-6(9(11)12)7(10)8(5)13-2/h3-4H,1-2H3,(H2,11,12). The Hall–Kier alpha value is -0.670. The van der Waals surface area contributed by atoms with Crippen LogP contribution in [0.25, 0.3) is 0 Å². The van der Waals surface area contributed by atoms with E-state index in [0.717, 1.165) is 10.5 Å². The lowest BCUT2D eigenvalue weighted by Crippen LogP contribution is -2.12. The predicted octanol–water partition coefficient (Wildman–Crippen LogP) is 2.47. The highest BCUT2D eigenvalue weighted by atomic mass is 35.5. The van der Waals surface area contributed by atoms with Gasteiger partial charge in [0.1, 0.15) is 0 Å². The minimum Gasteiger partial charge on any atom is -0.366 e. The molecule has 2 nitrogen and oxygen atoms in total. The Bertz CT molecular complexity index is 352. The third-order valence-electron chi connectivity index (χ3n) is 1.76. The van der Waals surface area contributed by atoms with E-state index in [2.05, 4.69) is 0 Å². The minimum absolute atomic E-state index is 0.386. The summed E-state index contributed by atoms with van der Waals surface area (Å²) in [6.45, 7) is 1.95. The van der Waals surface area contributed by atoms with Gasteiger partial charge in [-0.3, -0.25) is 4.79 Å². The largest absolute Gasteiger partial charge is 0.366 e. The molecule has 0 aliphatic rings. The molecule has 0 bridgehead atoms. The van der Waals surface area contributed by atoms with E-state index in [4.69, 9.17) is 17.3 Å². The summed E-state index contributed by atoms with van der Waals surface area (Å²) in [7, 11) is 0. The van der Waals surface area contributed by atoms with Crippen LogP contribution in [-0.4, -0.2) is 12.2 Å². The second-order valence-corrected chi connectivity index (χ2v) is 3.84. The first-order valence-electron chi connectivity index (χ1n) is 3.70. The third kappa shape index (κ3) is 1.98. The molecular formula is C9H10ClNOS. The van der Waals surface area contributed by atoms with Gasteiger partial charge in [-0.2, -0.15) is 0 Å². The Balaban J connectivity index is 3.35. The van der Waals surface area contributed by atoms with E-state index >= 15 is 0 Å². The van der Waals surface area contributed by atoms with Crippen LogP contribution in [0.15, 0.2) is 17.0 Å². The number of halogens is 1. The molecular weight excluding hydrogens is 206 g/mol. The molecule has 1 amide bonds. The SMILES string of the molecule is CSc1c(C)ccc(C(N)=O)c1Cl. The highest BCUT2D eigenvalue weighted by Crippen LogP contribution is 2.31. The van der Waals surface area contributed by atoms with Crippen LogP contribution in [0.5, 0.6) is 0 Å². The van der Waals surface area contributed by atoms with Crippen molar-refractivity contribution in [3.05, 3.63) is 28.3 Å². The number of aryl methyl sites for hydroxylation is 1. The van der Waals surface area contributed by atoms with Crippen molar-refractivity contribution >= 4 is 29.3 Å². The van der Waals surface area contributed by atoms with E-state index < -0.39 is 5.91 Å². The Morgan fingerprint density at radius 1 is 1.54 bits per heavy atom. The molecule has 0 saturated heterocycles. The average Bonchev–Trinajstić information content (AvgIpc) is 2.04. The van der Waals surface area contributed by atoms with Gasteiger partial charge < -0.3 is 5.73 Å². The van der Waals surface area contributed by atoms with E-state index in [0.29, 0.717) is 10.6 Å². The molecule has 1 rings (SSSR count). The van der Waals surface area contributed by atoms with Gasteiger partial charge in [0.2, 0.25) is 5.91 Å². The van der Waals surface area contributed by atoms with Crippen LogP contribution in [0.2, 0.25) is 5.02 Å². The first kappa shape index (κ1) is 10.4. The molecule has 0 heterocycles. The molecule has 0 aromatic heterocycles. The van der Waals surface area contributed by atoms with Gasteiger partial charge >= 0.3 is 0 Å². The quantitative estimate of drug-likeness (QED) is 0.771. The Morgan fingerprint density at radius 3 is 2.62 bits per heavy atom. The number of hydrogen-bond donors (Lipinski definition) is 1. The van der Waals surface area contributed by atoms with Gasteiger partial charge in [0, 0.05) is 4.90 Å². The summed E-state index contributed by atoms with van der Waals surface area (Å²) in [5, 5.41) is 0.458. The smallest absolute Gasteiger partial charge is 0.250 e. The zero-order valence-electron chi connectivity index (χ0n) is 7.43. The number of benzene rings is 1. The number of rotatable bonds is 2. The molecule has 1 aromatic rings. The van der Waals surface area contributed by atoms with E-state index in [-0.39, 0.29) is 0 Å². The number of thioether (sulfide) groups is 1. The fourth-order valence-corrected chi connectivity index (χ4v) is 2.31. The van der Waals surface area contributed by atoms with E-state index in [9.17, 15) is 4.79 Å². The molecule has 1 aromatic carbocycles. The minimum atomic E-state index is -0.486. The molecule has 13 heavy (non-hydrogen) atoms. The number of carbonyl (C=O) groups excluding carboxylic acids is 1. The fraction of sp³-hybridized carbons (Fsp3) is 0.222. The van der Waals surface area contributed by atoms with Gasteiger partial charge in [-0.1, -0.05) is 17.7 Å². The van der Waals surface area contributed by atoms with Crippen LogP contribution in [0, 0.1) is 6.92 Å². The maximum atomic E-state index is 10.9. The number of nitrogens with two attached hydrogens (primary N) is 1. The van der Waals surface area contributed by atoms with Gasteiger partial charge in [0.05, 0.1) is 10.6 Å². The summed E-state index contributed by atoms with van der Waals surface area (Å²) in [5.74, 6) is -0.486. The van der Waals surface area contributed by atoms with Crippen molar-refractivity contribution in [3.63, 3.8) is 0 Å². The van der Waals surface area contributed by atoms with Crippen molar-refractivity contribution in [2.75, 3.05) is 6.26 Å². The summed E-state index contributed by atoms with van der Waals surface area (Å²) >= 11 is 7.50.